The van der Waals surface area contributed by atoms with Crippen LogP contribution in [0.2, 0.25) is 5.02 Å². The van der Waals surface area contributed by atoms with Crippen molar-refractivity contribution in [2.75, 3.05) is 26.2 Å². The summed E-state index contributed by atoms with van der Waals surface area (Å²) in [6, 6.07) is 27.2. The number of nitrogens with one attached hydrogen (secondary N) is 1. The third-order valence-corrected chi connectivity index (χ3v) is 5.45. The lowest BCUT2D eigenvalue weighted by Crippen LogP contribution is -3.13. The topological polar surface area (TPSA) is 20.0 Å². The molecule has 0 radical (unpaired) electrons. The number of nitrogens with zero attached hydrogens (tertiary/aromatic N) is 2. The van der Waals surface area contributed by atoms with Crippen LogP contribution in [0.1, 0.15) is 11.1 Å². The number of hydrogen-bond donors (Lipinski definition) is 1. The Labute approximate surface area is 171 Å². The first kappa shape index (κ1) is 18.7. The molecule has 0 spiro atoms. The number of hydrazone groups is 1. The number of piperazine rings is 1. The second kappa shape index (κ2) is 9.05. The van der Waals surface area contributed by atoms with Gasteiger partial charge in [0.2, 0.25) is 0 Å². The molecule has 0 saturated carbocycles. The molecule has 3 aromatic carbocycles. The quantitative estimate of drug-likeness (QED) is 0.658. The van der Waals surface area contributed by atoms with Crippen molar-refractivity contribution in [3.05, 3.63) is 95.0 Å². The summed E-state index contributed by atoms with van der Waals surface area (Å²) < 4.78 is 0. The standard InChI is InChI=1S/C24H24ClN3/c25-24-12-8-21(9-13-24)19-27-14-16-28(17-15-27)26-18-20-6-10-23(11-7-20)22-4-2-1-3-5-22/h1-13,18H,14-17,19H2/p+1/b26-18-. The van der Waals surface area contributed by atoms with Crippen LogP contribution in [-0.4, -0.2) is 37.4 Å². The van der Waals surface area contributed by atoms with E-state index in [1.54, 1.807) is 4.90 Å². The molecule has 0 unspecified atom stereocenters. The van der Waals surface area contributed by atoms with Crippen LogP contribution < -0.4 is 4.90 Å². The molecule has 0 aromatic heterocycles. The fourth-order valence-corrected chi connectivity index (χ4v) is 3.66. The van der Waals surface area contributed by atoms with Crippen molar-refractivity contribution in [3.8, 4) is 11.1 Å². The molecule has 1 saturated heterocycles. The molecule has 0 amide bonds. The van der Waals surface area contributed by atoms with Gasteiger partial charge in [-0.1, -0.05) is 78.3 Å². The molecule has 1 fully saturated rings. The normalized spacial score (nSPS) is 15.2. The Balaban J connectivity index is 1.28. The maximum atomic E-state index is 5.97. The Kier molecular flexibility index (Phi) is 6.05. The van der Waals surface area contributed by atoms with E-state index < -0.39 is 0 Å². The van der Waals surface area contributed by atoms with E-state index in [1.807, 2.05) is 24.4 Å². The van der Waals surface area contributed by atoms with Gasteiger partial charge in [0.05, 0.1) is 32.4 Å². The lowest BCUT2D eigenvalue weighted by molar-refractivity contribution is -0.918. The van der Waals surface area contributed by atoms with Crippen LogP contribution in [0, 0.1) is 0 Å². The van der Waals surface area contributed by atoms with Gasteiger partial charge in [-0.2, -0.15) is 5.10 Å². The Morgan fingerprint density at radius 3 is 2.14 bits per heavy atom. The average Bonchev–Trinajstić information content (AvgIpc) is 2.76. The highest BCUT2D eigenvalue weighted by Crippen LogP contribution is 2.18. The van der Waals surface area contributed by atoms with Gasteiger partial charge in [-0.25, -0.2) is 0 Å². The van der Waals surface area contributed by atoms with Crippen LogP contribution in [0.3, 0.4) is 0 Å². The molecule has 0 atom stereocenters. The average molecular weight is 391 g/mol. The van der Waals surface area contributed by atoms with Crippen LogP contribution in [0.15, 0.2) is 84.0 Å². The van der Waals surface area contributed by atoms with E-state index in [0.717, 1.165) is 43.3 Å². The Morgan fingerprint density at radius 1 is 0.821 bits per heavy atom. The van der Waals surface area contributed by atoms with Gasteiger partial charge in [0, 0.05) is 10.6 Å². The smallest absolute Gasteiger partial charge is 0.103 e. The monoisotopic (exact) mass is 390 g/mol. The lowest BCUT2D eigenvalue weighted by Gasteiger charge is -2.30. The maximum absolute atomic E-state index is 5.97. The molecule has 0 bridgehead atoms. The first-order chi connectivity index (χ1) is 13.8. The van der Waals surface area contributed by atoms with Gasteiger partial charge in [0.1, 0.15) is 6.54 Å². The molecule has 1 N–H and O–H groups in total. The third-order valence-electron chi connectivity index (χ3n) is 5.20. The van der Waals surface area contributed by atoms with Gasteiger partial charge in [-0.3, -0.25) is 5.01 Å². The highest BCUT2D eigenvalue weighted by atomic mass is 35.5. The van der Waals surface area contributed by atoms with Crippen LogP contribution in [-0.2, 0) is 6.54 Å². The number of quaternary nitrogens is 1. The molecule has 3 nitrogen and oxygen atoms in total. The van der Waals surface area contributed by atoms with Crippen molar-refractivity contribution in [2.45, 2.75) is 6.54 Å². The summed E-state index contributed by atoms with van der Waals surface area (Å²) in [7, 11) is 0. The summed E-state index contributed by atoms with van der Waals surface area (Å²) in [4.78, 5) is 1.60. The fourth-order valence-electron chi connectivity index (χ4n) is 3.53. The van der Waals surface area contributed by atoms with E-state index in [9.17, 15) is 0 Å². The summed E-state index contributed by atoms with van der Waals surface area (Å²) in [6.45, 7) is 5.23. The summed E-state index contributed by atoms with van der Waals surface area (Å²) in [6.07, 6.45) is 1.97. The predicted molar refractivity (Wildman–Crippen MR) is 117 cm³/mol. The summed E-state index contributed by atoms with van der Waals surface area (Å²) in [5.74, 6) is 0. The number of hydrogen-bond acceptors (Lipinski definition) is 2. The second-order valence-corrected chi connectivity index (χ2v) is 7.68. The van der Waals surface area contributed by atoms with E-state index >= 15 is 0 Å². The van der Waals surface area contributed by atoms with Gasteiger partial charge in [-0.05, 0) is 28.8 Å². The highest BCUT2D eigenvalue weighted by Gasteiger charge is 2.18. The van der Waals surface area contributed by atoms with Gasteiger partial charge in [0.15, 0.2) is 0 Å². The van der Waals surface area contributed by atoms with Crippen molar-refractivity contribution in [2.24, 2.45) is 5.10 Å². The third kappa shape index (κ3) is 5.00. The Bertz CT molecular complexity index is 897. The van der Waals surface area contributed by atoms with Gasteiger partial charge in [-0.15, -0.1) is 0 Å². The van der Waals surface area contributed by atoms with Gasteiger partial charge < -0.3 is 4.90 Å². The Hall–Kier alpha value is -2.62. The minimum absolute atomic E-state index is 0.801. The second-order valence-electron chi connectivity index (χ2n) is 7.24. The van der Waals surface area contributed by atoms with Gasteiger partial charge >= 0.3 is 0 Å². The van der Waals surface area contributed by atoms with E-state index in [1.165, 1.54) is 16.7 Å². The molecule has 4 rings (SSSR count). The zero-order valence-corrected chi connectivity index (χ0v) is 16.6. The van der Waals surface area contributed by atoms with Crippen LogP contribution >= 0.6 is 11.6 Å². The van der Waals surface area contributed by atoms with Crippen molar-refractivity contribution >= 4 is 17.8 Å². The van der Waals surface area contributed by atoms with E-state index in [-0.39, 0.29) is 0 Å². The zero-order valence-electron chi connectivity index (χ0n) is 15.9. The molecule has 1 heterocycles. The molecule has 142 valence electrons. The van der Waals surface area contributed by atoms with E-state index in [0.29, 0.717) is 0 Å². The summed E-state index contributed by atoms with van der Waals surface area (Å²) >= 11 is 5.97. The molecular formula is C24H25ClN3+. The van der Waals surface area contributed by atoms with Gasteiger partial charge in [0.25, 0.3) is 0 Å². The summed E-state index contributed by atoms with van der Waals surface area (Å²) in [5.41, 5.74) is 4.95. The number of halogens is 1. The largest absolute Gasteiger partial charge is 0.328 e. The predicted octanol–water partition coefficient (Wildman–Crippen LogP) is 3.74. The highest BCUT2D eigenvalue weighted by molar-refractivity contribution is 6.30. The number of benzene rings is 3. The van der Waals surface area contributed by atoms with Crippen molar-refractivity contribution < 1.29 is 4.90 Å². The molecule has 28 heavy (non-hydrogen) atoms. The van der Waals surface area contributed by atoms with Crippen molar-refractivity contribution in [3.63, 3.8) is 0 Å². The zero-order chi connectivity index (χ0) is 19.2. The molecule has 4 heteroatoms. The SMILES string of the molecule is Clc1ccc(C[NH+]2CCN(/N=C\c3ccc(-c4ccccc4)cc3)CC2)cc1. The van der Waals surface area contributed by atoms with Crippen LogP contribution in [0.4, 0.5) is 0 Å². The summed E-state index contributed by atoms with van der Waals surface area (Å²) in [5, 5.41) is 7.66. The van der Waals surface area contributed by atoms with Crippen LogP contribution in [0.5, 0.6) is 0 Å². The fraction of sp³-hybridized carbons (Fsp3) is 0.208. The molecule has 1 aliphatic heterocycles. The number of rotatable bonds is 5. The maximum Gasteiger partial charge on any atom is 0.103 e. The van der Waals surface area contributed by atoms with E-state index in [2.05, 4.69) is 70.8 Å². The first-order valence-corrected chi connectivity index (χ1v) is 10.2. The minimum atomic E-state index is 0.801. The molecule has 0 aliphatic carbocycles. The van der Waals surface area contributed by atoms with Crippen molar-refractivity contribution in [1.29, 1.82) is 0 Å². The minimum Gasteiger partial charge on any atom is -0.328 e. The lowest BCUT2D eigenvalue weighted by atomic mass is 10.0. The first-order valence-electron chi connectivity index (χ1n) is 9.79. The Morgan fingerprint density at radius 2 is 1.46 bits per heavy atom. The van der Waals surface area contributed by atoms with Crippen molar-refractivity contribution in [1.82, 2.24) is 5.01 Å². The van der Waals surface area contributed by atoms with Crippen LogP contribution in [0.25, 0.3) is 11.1 Å². The van der Waals surface area contributed by atoms with E-state index in [4.69, 9.17) is 11.6 Å². The molecule has 1 aliphatic rings. The molecule has 3 aromatic rings. The molecular weight excluding hydrogens is 366 g/mol.